The second kappa shape index (κ2) is 10.4. The minimum Gasteiger partial charge on any atom is -0.444 e. The maximum atomic E-state index is 12.4. The summed E-state index contributed by atoms with van der Waals surface area (Å²) in [5.41, 5.74) is 1.87. The molecule has 34 heavy (non-hydrogen) atoms. The third-order valence-electron chi connectivity index (χ3n) is 5.28. The lowest BCUT2D eigenvalue weighted by Gasteiger charge is -2.36. The molecule has 1 saturated heterocycles. The van der Waals surface area contributed by atoms with Crippen molar-refractivity contribution in [3.8, 4) is 17.2 Å². The van der Waals surface area contributed by atoms with E-state index in [0.717, 1.165) is 11.1 Å². The fraction of sp³-hybridized carbons (Fsp3) is 0.440. The molecule has 180 valence electrons. The Morgan fingerprint density at radius 1 is 1.15 bits per heavy atom. The molecule has 1 aromatic carbocycles. The number of carbonyl (C=O) groups is 2. The Balaban J connectivity index is 1.75. The van der Waals surface area contributed by atoms with Crippen molar-refractivity contribution in [2.24, 2.45) is 0 Å². The molecule has 2 aromatic rings. The quantitative estimate of drug-likeness (QED) is 0.592. The Kier molecular flexibility index (Phi) is 7.80. The van der Waals surface area contributed by atoms with Gasteiger partial charge in [0.1, 0.15) is 17.5 Å². The number of piperazine rings is 1. The van der Waals surface area contributed by atoms with E-state index in [2.05, 4.69) is 11.1 Å². The van der Waals surface area contributed by atoms with Crippen molar-refractivity contribution >= 4 is 29.3 Å². The first-order chi connectivity index (χ1) is 16.0. The third kappa shape index (κ3) is 6.25. The van der Waals surface area contributed by atoms with Gasteiger partial charge in [-0.2, -0.15) is 5.26 Å². The molecule has 0 unspecified atom stereocenters. The van der Waals surface area contributed by atoms with Crippen LogP contribution in [0.5, 0.6) is 0 Å². The van der Waals surface area contributed by atoms with Crippen LogP contribution in [0.15, 0.2) is 30.5 Å². The first kappa shape index (κ1) is 25.5. The Bertz CT molecular complexity index is 1110. The van der Waals surface area contributed by atoms with Gasteiger partial charge in [-0.25, -0.2) is 9.78 Å². The first-order valence-corrected chi connectivity index (χ1v) is 11.5. The van der Waals surface area contributed by atoms with E-state index in [0.29, 0.717) is 48.1 Å². The van der Waals surface area contributed by atoms with E-state index in [4.69, 9.17) is 16.3 Å². The minimum absolute atomic E-state index is 0.0572. The number of amides is 1. The van der Waals surface area contributed by atoms with Crippen molar-refractivity contribution < 1.29 is 14.3 Å². The van der Waals surface area contributed by atoms with Gasteiger partial charge in [-0.05, 0) is 58.6 Å². The number of nitrogens with zero attached hydrogens (tertiary/aromatic N) is 5. The van der Waals surface area contributed by atoms with Gasteiger partial charge in [0.2, 0.25) is 0 Å². The molecule has 1 fully saturated rings. The summed E-state index contributed by atoms with van der Waals surface area (Å²) in [6.45, 7) is 7.87. The summed E-state index contributed by atoms with van der Waals surface area (Å²) < 4.78 is 5.45. The zero-order valence-electron chi connectivity index (χ0n) is 20.3. The summed E-state index contributed by atoms with van der Waals surface area (Å²) in [6.07, 6.45) is 1.36. The number of aromatic nitrogens is 1. The van der Waals surface area contributed by atoms with E-state index in [1.807, 2.05) is 45.8 Å². The van der Waals surface area contributed by atoms with Crippen LogP contribution in [0, 0.1) is 11.3 Å². The van der Waals surface area contributed by atoms with Gasteiger partial charge >= 0.3 is 6.09 Å². The topological polar surface area (TPSA) is 89.8 Å². The fourth-order valence-electron chi connectivity index (χ4n) is 3.67. The molecule has 0 saturated carbocycles. The van der Waals surface area contributed by atoms with Crippen LogP contribution in [0.4, 0.5) is 10.6 Å². The molecular weight excluding hydrogens is 454 g/mol. The summed E-state index contributed by atoms with van der Waals surface area (Å²) >= 11 is 6.39. The SMILES string of the molecule is CN(C)CC(=O)c1ccc(-c2cnc(N3CCN(C(=O)OC(C)(C)C)CC3)c(C#N)c2)cc1Cl. The van der Waals surface area contributed by atoms with Crippen LogP contribution in [-0.2, 0) is 4.74 Å². The Hall–Kier alpha value is -3.15. The summed E-state index contributed by atoms with van der Waals surface area (Å²) in [6, 6.07) is 9.25. The Morgan fingerprint density at radius 2 is 1.82 bits per heavy atom. The number of nitriles is 1. The first-order valence-electron chi connectivity index (χ1n) is 11.1. The number of likely N-dealkylation sites (N-methyl/N-ethyl adjacent to an activating group) is 1. The summed E-state index contributed by atoms with van der Waals surface area (Å²) in [5.74, 6) is 0.525. The van der Waals surface area contributed by atoms with E-state index in [1.165, 1.54) is 0 Å². The lowest BCUT2D eigenvalue weighted by Crippen LogP contribution is -2.50. The van der Waals surface area contributed by atoms with E-state index in [-0.39, 0.29) is 18.4 Å². The van der Waals surface area contributed by atoms with Crippen molar-refractivity contribution in [1.29, 1.82) is 5.26 Å². The lowest BCUT2D eigenvalue weighted by atomic mass is 10.0. The van der Waals surface area contributed by atoms with Gasteiger partial charge in [0, 0.05) is 43.5 Å². The molecule has 1 aromatic heterocycles. The van der Waals surface area contributed by atoms with E-state index < -0.39 is 5.60 Å². The number of benzene rings is 1. The second-order valence-electron chi connectivity index (χ2n) is 9.52. The summed E-state index contributed by atoms with van der Waals surface area (Å²) in [7, 11) is 3.66. The van der Waals surface area contributed by atoms with Crippen LogP contribution in [0.3, 0.4) is 0 Å². The number of Topliss-reactive ketones (excluding diaryl/α,β-unsaturated/α-hetero) is 1. The highest BCUT2D eigenvalue weighted by Crippen LogP contribution is 2.29. The van der Waals surface area contributed by atoms with E-state index >= 15 is 0 Å². The van der Waals surface area contributed by atoms with Gasteiger partial charge in [-0.15, -0.1) is 0 Å². The van der Waals surface area contributed by atoms with E-state index in [1.54, 1.807) is 34.2 Å². The molecular formula is C25H30ClN5O3. The molecule has 2 heterocycles. The Labute approximate surface area is 205 Å². The van der Waals surface area contributed by atoms with Gasteiger partial charge < -0.3 is 19.4 Å². The molecule has 0 N–H and O–H groups in total. The highest BCUT2D eigenvalue weighted by Gasteiger charge is 2.27. The molecule has 0 bridgehead atoms. The average Bonchev–Trinajstić information content (AvgIpc) is 2.77. The maximum Gasteiger partial charge on any atom is 0.410 e. The standard InChI is InChI=1S/C25H30ClN5O3/c1-25(2,3)34-24(33)31-10-8-30(9-11-31)23-18(14-27)12-19(15-28-23)17-6-7-20(21(26)13-17)22(32)16-29(4)5/h6-7,12-13,15H,8-11,16H2,1-5H3. The van der Waals surface area contributed by atoms with Gasteiger partial charge in [-0.3, -0.25) is 4.79 Å². The number of anilines is 1. The van der Waals surface area contributed by atoms with Crippen LogP contribution in [0.1, 0.15) is 36.7 Å². The number of halogens is 1. The predicted octanol–water partition coefficient (Wildman–Crippen LogP) is 4.08. The maximum absolute atomic E-state index is 12.4. The number of rotatable bonds is 5. The van der Waals surface area contributed by atoms with Gasteiger partial charge in [0.25, 0.3) is 0 Å². The average molecular weight is 484 g/mol. The number of ether oxygens (including phenoxy) is 1. The monoisotopic (exact) mass is 483 g/mol. The highest BCUT2D eigenvalue weighted by molar-refractivity contribution is 6.34. The zero-order chi connectivity index (χ0) is 25.0. The highest BCUT2D eigenvalue weighted by atomic mass is 35.5. The number of carbonyl (C=O) groups excluding carboxylic acids is 2. The third-order valence-corrected chi connectivity index (χ3v) is 5.59. The van der Waals surface area contributed by atoms with Crippen molar-refractivity contribution in [1.82, 2.24) is 14.8 Å². The minimum atomic E-state index is -0.541. The number of pyridine rings is 1. The molecule has 8 nitrogen and oxygen atoms in total. The molecule has 1 amide bonds. The van der Waals surface area contributed by atoms with Crippen molar-refractivity contribution in [2.75, 3.05) is 51.7 Å². The van der Waals surface area contributed by atoms with Gasteiger partial charge in [0.15, 0.2) is 5.78 Å². The molecule has 0 radical (unpaired) electrons. The zero-order valence-corrected chi connectivity index (χ0v) is 21.0. The van der Waals surface area contributed by atoms with Crippen LogP contribution in [0.25, 0.3) is 11.1 Å². The van der Waals surface area contributed by atoms with Crippen molar-refractivity contribution in [3.63, 3.8) is 0 Å². The van der Waals surface area contributed by atoms with Crippen LogP contribution < -0.4 is 4.90 Å². The summed E-state index contributed by atoms with van der Waals surface area (Å²) in [4.78, 5) is 34.7. The Morgan fingerprint density at radius 3 is 2.38 bits per heavy atom. The normalized spacial score (nSPS) is 14.2. The van der Waals surface area contributed by atoms with Crippen LogP contribution >= 0.6 is 11.6 Å². The van der Waals surface area contributed by atoms with Crippen LogP contribution in [0.2, 0.25) is 5.02 Å². The number of hydrogen-bond donors (Lipinski definition) is 0. The number of ketones is 1. The molecule has 0 atom stereocenters. The molecule has 9 heteroatoms. The van der Waals surface area contributed by atoms with Gasteiger partial charge in [0.05, 0.1) is 17.1 Å². The smallest absolute Gasteiger partial charge is 0.410 e. The molecule has 0 aliphatic carbocycles. The molecule has 1 aliphatic heterocycles. The molecule has 3 rings (SSSR count). The summed E-state index contributed by atoms with van der Waals surface area (Å²) in [5, 5.41) is 10.1. The fourth-order valence-corrected chi connectivity index (χ4v) is 3.96. The van der Waals surface area contributed by atoms with E-state index in [9.17, 15) is 14.9 Å². The van der Waals surface area contributed by atoms with Crippen molar-refractivity contribution in [2.45, 2.75) is 26.4 Å². The van der Waals surface area contributed by atoms with Crippen LogP contribution in [-0.4, -0.2) is 79.1 Å². The predicted molar refractivity (Wildman–Crippen MR) is 132 cm³/mol. The van der Waals surface area contributed by atoms with Gasteiger partial charge in [-0.1, -0.05) is 17.7 Å². The largest absolute Gasteiger partial charge is 0.444 e. The second-order valence-corrected chi connectivity index (χ2v) is 9.92. The lowest BCUT2D eigenvalue weighted by molar-refractivity contribution is 0.0240. The molecule has 1 aliphatic rings. The van der Waals surface area contributed by atoms with Crippen molar-refractivity contribution in [3.05, 3.63) is 46.6 Å². The molecule has 0 spiro atoms. The number of hydrogen-bond acceptors (Lipinski definition) is 7.